The molecule has 0 atom stereocenters. The molecule has 2 aliphatic heterocycles. The third-order valence-corrected chi connectivity index (χ3v) is 7.35. The molecule has 1 fully saturated rings. The molecular weight excluding hydrogens is 504 g/mol. The fourth-order valence-corrected chi connectivity index (χ4v) is 5.28. The zero-order valence-corrected chi connectivity index (χ0v) is 22.9. The molecule has 0 saturated carbocycles. The van der Waals surface area contributed by atoms with Crippen LogP contribution >= 0.6 is 0 Å². The van der Waals surface area contributed by atoms with Crippen LogP contribution in [0.15, 0.2) is 66.7 Å². The number of hydrogen-bond donors (Lipinski definition) is 2. The van der Waals surface area contributed by atoms with E-state index < -0.39 is 0 Å². The number of amides is 3. The van der Waals surface area contributed by atoms with Gasteiger partial charge >= 0.3 is 0 Å². The molecule has 1 saturated heterocycles. The maximum absolute atomic E-state index is 13.9. The van der Waals surface area contributed by atoms with Gasteiger partial charge in [0.1, 0.15) is 5.75 Å². The van der Waals surface area contributed by atoms with Gasteiger partial charge in [-0.3, -0.25) is 19.3 Å². The highest BCUT2D eigenvalue weighted by Crippen LogP contribution is 2.38. The van der Waals surface area contributed by atoms with Crippen LogP contribution in [-0.2, 0) is 16.0 Å². The van der Waals surface area contributed by atoms with Gasteiger partial charge in [0.25, 0.3) is 5.91 Å². The fraction of sp³-hybridized carbons (Fsp3) is 0.344. The molecule has 2 aliphatic rings. The minimum atomic E-state index is -0.260. The van der Waals surface area contributed by atoms with E-state index in [9.17, 15) is 14.4 Å². The van der Waals surface area contributed by atoms with E-state index in [2.05, 4.69) is 15.5 Å². The third-order valence-electron chi connectivity index (χ3n) is 7.35. The number of hydrogen-bond acceptors (Lipinski definition) is 5. The lowest BCUT2D eigenvalue weighted by Crippen LogP contribution is -2.31. The molecule has 2 N–H and O–H groups in total. The second-order valence-corrected chi connectivity index (χ2v) is 10.2. The quantitative estimate of drug-likeness (QED) is 0.337. The standard InChI is InChI=1S/C32H36N4O4/c1-2-30(37)33-26-21-23(15-16-29(26)40-20-10-19-35-17-8-3-9-18-35)22-31(38)36-27-13-6-4-11-24(27)32(39)34-25-12-5-7-14-28(25)36/h4-7,11-16,21H,2-3,8-10,17-20,22H2,1H3,(H,33,37)(H,34,39). The second kappa shape index (κ2) is 12.8. The molecule has 8 heteroatoms. The molecular formula is C32H36N4O4. The van der Waals surface area contributed by atoms with Crippen LogP contribution in [0.1, 0.15) is 54.9 Å². The van der Waals surface area contributed by atoms with E-state index in [-0.39, 0.29) is 24.1 Å². The molecule has 3 amide bonds. The average molecular weight is 541 g/mol. The van der Waals surface area contributed by atoms with Crippen molar-refractivity contribution in [1.29, 1.82) is 0 Å². The summed E-state index contributed by atoms with van der Waals surface area (Å²) in [6.07, 6.45) is 5.14. The van der Waals surface area contributed by atoms with Crippen LogP contribution in [0.2, 0.25) is 0 Å². The molecule has 0 spiro atoms. The summed E-state index contributed by atoms with van der Waals surface area (Å²) in [6, 6.07) is 19.9. The number of carbonyl (C=O) groups is 3. The molecule has 2 heterocycles. The van der Waals surface area contributed by atoms with E-state index in [1.54, 1.807) is 36.1 Å². The highest BCUT2D eigenvalue weighted by atomic mass is 16.5. The first-order valence-corrected chi connectivity index (χ1v) is 14.1. The Balaban J connectivity index is 1.35. The first kappa shape index (κ1) is 27.4. The van der Waals surface area contributed by atoms with Gasteiger partial charge in [0.05, 0.1) is 41.3 Å². The van der Waals surface area contributed by atoms with Gasteiger partial charge in [0, 0.05) is 13.0 Å². The topological polar surface area (TPSA) is 91.0 Å². The molecule has 3 aromatic rings. The lowest BCUT2D eigenvalue weighted by atomic mass is 10.1. The van der Waals surface area contributed by atoms with Gasteiger partial charge in [-0.1, -0.05) is 43.7 Å². The summed E-state index contributed by atoms with van der Waals surface area (Å²) in [5.74, 6) is 0.0163. The Morgan fingerprint density at radius 2 is 1.70 bits per heavy atom. The Hall–Kier alpha value is -4.17. The molecule has 8 nitrogen and oxygen atoms in total. The number of nitrogens with one attached hydrogen (secondary N) is 2. The SMILES string of the molecule is CCC(=O)Nc1cc(CC(=O)N2c3ccccc3NC(=O)c3ccccc32)ccc1OCCCN1CCCCC1. The van der Waals surface area contributed by atoms with Crippen molar-refractivity contribution in [3.63, 3.8) is 0 Å². The Bertz CT molecular complexity index is 1380. The molecule has 0 unspecified atom stereocenters. The van der Waals surface area contributed by atoms with E-state index in [0.717, 1.165) is 31.6 Å². The van der Waals surface area contributed by atoms with Crippen LogP contribution in [0.25, 0.3) is 0 Å². The van der Waals surface area contributed by atoms with Crippen molar-refractivity contribution < 1.29 is 19.1 Å². The number of rotatable bonds is 9. The smallest absolute Gasteiger partial charge is 0.257 e. The van der Waals surface area contributed by atoms with Crippen molar-refractivity contribution in [3.8, 4) is 5.75 Å². The summed E-state index contributed by atoms with van der Waals surface area (Å²) < 4.78 is 6.09. The van der Waals surface area contributed by atoms with Crippen LogP contribution in [0, 0.1) is 0 Å². The number of benzene rings is 3. The number of anilines is 4. The average Bonchev–Trinajstić information content (AvgIpc) is 3.10. The summed E-state index contributed by atoms with van der Waals surface area (Å²) in [5, 5.41) is 5.85. The van der Waals surface area contributed by atoms with Crippen molar-refractivity contribution in [3.05, 3.63) is 77.9 Å². The summed E-state index contributed by atoms with van der Waals surface area (Å²) in [4.78, 5) is 43.1. The van der Waals surface area contributed by atoms with Gasteiger partial charge in [-0.15, -0.1) is 0 Å². The highest BCUT2D eigenvalue weighted by Gasteiger charge is 2.29. The zero-order chi connectivity index (χ0) is 27.9. The van der Waals surface area contributed by atoms with Crippen molar-refractivity contribution in [2.24, 2.45) is 0 Å². The minimum Gasteiger partial charge on any atom is -0.491 e. The van der Waals surface area contributed by atoms with Crippen molar-refractivity contribution in [1.82, 2.24) is 4.90 Å². The summed E-state index contributed by atoms with van der Waals surface area (Å²) >= 11 is 0. The molecule has 3 aromatic carbocycles. The molecule has 0 radical (unpaired) electrons. The van der Waals surface area contributed by atoms with E-state index in [0.29, 0.717) is 47.1 Å². The summed E-state index contributed by atoms with van der Waals surface area (Å²) in [5.41, 5.74) is 3.43. The Kier molecular flexibility index (Phi) is 8.76. The maximum Gasteiger partial charge on any atom is 0.257 e. The van der Waals surface area contributed by atoms with Gasteiger partial charge < -0.3 is 20.3 Å². The third kappa shape index (κ3) is 6.34. The number of fused-ring (bicyclic) bond motifs is 2. The number of nitrogens with zero attached hydrogens (tertiary/aromatic N) is 2. The molecule has 0 aliphatic carbocycles. The fourth-order valence-electron chi connectivity index (χ4n) is 5.28. The molecule has 0 bridgehead atoms. The predicted molar refractivity (Wildman–Crippen MR) is 157 cm³/mol. The number of likely N-dealkylation sites (tertiary alicyclic amines) is 1. The van der Waals surface area contributed by atoms with Gasteiger partial charge in [-0.2, -0.15) is 0 Å². The predicted octanol–water partition coefficient (Wildman–Crippen LogP) is 5.76. The Morgan fingerprint density at radius 1 is 0.950 bits per heavy atom. The van der Waals surface area contributed by atoms with Gasteiger partial charge in [0.2, 0.25) is 11.8 Å². The van der Waals surface area contributed by atoms with Gasteiger partial charge in [-0.05, 0) is 74.3 Å². The number of piperidine rings is 1. The lowest BCUT2D eigenvalue weighted by molar-refractivity contribution is -0.117. The zero-order valence-electron chi connectivity index (χ0n) is 22.9. The first-order chi connectivity index (χ1) is 19.5. The number of ether oxygens (including phenoxy) is 1. The molecule has 208 valence electrons. The summed E-state index contributed by atoms with van der Waals surface area (Å²) in [7, 11) is 0. The normalized spacial score (nSPS) is 14.9. The lowest BCUT2D eigenvalue weighted by Gasteiger charge is -2.26. The van der Waals surface area contributed by atoms with E-state index in [1.165, 1.54) is 19.3 Å². The van der Waals surface area contributed by atoms with E-state index in [1.807, 2.05) is 42.5 Å². The van der Waals surface area contributed by atoms with Crippen LogP contribution < -0.4 is 20.3 Å². The summed E-state index contributed by atoms with van der Waals surface area (Å²) in [6.45, 7) is 5.64. The van der Waals surface area contributed by atoms with Crippen LogP contribution in [0.4, 0.5) is 22.7 Å². The second-order valence-electron chi connectivity index (χ2n) is 10.2. The van der Waals surface area contributed by atoms with Gasteiger partial charge in [-0.25, -0.2) is 0 Å². The van der Waals surface area contributed by atoms with Crippen molar-refractivity contribution in [2.45, 2.75) is 45.4 Å². The molecule has 5 rings (SSSR count). The van der Waals surface area contributed by atoms with Crippen molar-refractivity contribution >= 4 is 40.5 Å². The van der Waals surface area contributed by atoms with Gasteiger partial charge in [0.15, 0.2) is 0 Å². The first-order valence-electron chi connectivity index (χ1n) is 14.1. The van der Waals surface area contributed by atoms with Crippen LogP contribution in [0.5, 0.6) is 5.75 Å². The largest absolute Gasteiger partial charge is 0.491 e. The molecule has 0 aromatic heterocycles. The van der Waals surface area contributed by atoms with E-state index >= 15 is 0 Å². The maximum atomic E-state index is 13.9. The molecule has 40 heavy (non-hydrogen) atoms. The highest BCUT2D eigenvalue weighted by molar-refractivity contribution is 6.17. The van der Waals surface area contributed by atoms with E-state index in [4.69, 9.17) is 4.74 Å². The number of para-hydroxylation sites is 3. The Morgan fingerprint density at radius 3 is 2.50 bits per heavy atom. The number of carbonyl (C=O) groups excluding carboxylic acids is 3. The monoisotopic (exact) mass is 540 g/mol. The minimum absolute atomic E-state index is 0.0705. The van der Waals surface area contributed by atoms with Crippen LogP contribution in [-0.4, -0.2) is 48.9 Å². The van der Waals surface area contributed by atoms with Crippen molar-refractivity contribution in [2.75, 3.05) is 41.8 Å². The van der Waals surface area contributed by atoms with Crippen LogP contribution in [0.3, 0.4) is 0 Å². The Labute approximate surface area is 235 Å².